The second kappa shape index (κ2) is 4.80. The Balaban J connectivity index is 2.84. The summed E-state index contributed by atoms with van der Waals surface area (Å²) in [4.78, 5) is 0. The molecule has 0 aliphatic rings. The van der Waals surface area contributed by atoms with Gasteiger partial charge in [-0.25, -0.2) is 8.42 Å². The Hall–Kier alpha value is -0.540. The van der Waals surface area contributed by atoms with Crippen molar-refractivity contribution in [2.45, 2.75) is 19.1 Å². The SMILES string of the molecule is CCCS(=O)(=O)Cc1ccccc1Cl. The molecule has 0 spiro atoms. The van der Waals surface area contributed by atoms with E-state index < -0.39 is 9.84 Å². The van der Waals surface area contributed by atoms with Crippen LogP contribution in [-0.4, -0.2) is 14.2 Å². The highest BCUT2D eigenvalue weighted by atomic mass is 35.5. The average Bonchev–Trinajstić information content (AvgIpc) is 2.08. The average molecular weight is 233 g/mol. The Morgan fingerprint density at radius 2 is 1.93 bits per heavy atom. The van der Waals surface area contributed by atoms with Crippen molar-refractivity contribution in [3.63, 3.8) is 0 Å². The van der Waals surface area contributed by atoms with Crippen molar-refractivity contribution < 1.29 is 8.42 Å². The largest absolute Gasteiger partial charge is 0.228 e. The Morgan fingerprint density at radius 1 is 1.29 bits per heavy atom. The van der Waals surface area contributed by atoms with E-state index in [-0.39, 0.29) is 11.5 Å². The summed E-state index contributed by atoms with van der Waals surface area (Å²) in [6.07, 6.45) is 0.646. The van der Waals surface area contributed by atoms with Crippen molar-refractivity contribution in [3.8, 4) is 0 Å². The van der Waals surface area contributed by atoms with Gasteiger partial charge in [0, 0.05) is 5.02 Å². The fourth-order valence-electron chi connectivity index (χ4n) is 1.24. The molecule has 78 valence electrons. The summed E-state index contributed by atoms with van der Waals surface area (Å²) in [6.45, 7) is 1.85. The van der Waals surface area contributed by atoms with Crippen molar-refractivity contribution in [1.82, 2.24) is 0 Å². The van der Waals surface area contributed by atoms with Crippen LogP contribution in [0.3, 0.4) is 0 Å². The number of benzene rings is 1. The molecule has 0 aliphatic carbocycles. The Labute approximate surface area is 89.8 Å². The summed E-state index contributed by atoms with van der Waals surface area (Å²) < 4.78 is 23.0. The Bertz CT molecular complexity index is 398. The van der Waals surface area contributed by atoms with Gasteiger partial charge in [-0.1, -0.05) is 36.7 Å². The molecule has 0 atom stereocenters. The van der Waals surface area contributed by atoms with Crippen molar-refractivity contribution in [1.29, 1.82) is 0 Å². The van der Waals surface area contributed by atoms with E-state index in [1.54, 1.807) is 24.3 Å². The molecule has 0 bridgehead atoms. The molecule has 1 aromatic rings. The van der Waals surface area contributed by atoms with Crippen molar-refractivity contribution in [2.24, 2.45) is 0 Å². The number of hydrogen-bond acceptors (Lipinski definition) is 2. The normalized spacial score (nSPS) is 11.6. The zero-order chi connectivity index (χ0) is 10.6. The lowest BCUT2D eigenvalue weighted by atomic mass is 10.2. The molecule has 1 aromatic carbocycles. The first-order chi connectivity index (χ1) is 6.55. The fraction of sp³-hybridized carbons (Fsp3) is 0.400. The molecule has 0 amide bonds. The molecule has 0 heterocycles. The molecular formula is C10H13ClO2S. The predicted octanol–water partition coefficient (Wildman–Crippen LogP) is 2.66. The first-order valence-corrected chi connectivity index (χ1v) is 6.69. The van der Waals surface area contributed by atoms with E-state index in [1.807, 2.05) is 6.92 Å². The van der Waals surface area contributed by atoms with Crippen molar-refractivity contribution in [2.75, 3.05) is 5.75 Å². The van der Waals surface area contributed by atoms with E-state index in [0.29, 0.717) is 17.0 Å². The van der Waals surface area contributed by atoms with Crippen LogP contribution in [0.5, 0.6) is 0 Å². The number of sulfone groups is 1. The number of rotatable bonds is 4. The minimum absolute atomic E-state index is 0.0422. The van der Waals surface area contributed by atoms with Crippen LogP contribution in [-0.2, 0) is 15.6 Å². The first kappa shape index (κ1) is 11.5. The maximum absolute atomic E-state index is 11.5. The summed E-state index contributed by atoms with van der Waals surface area (Å²) in [5, 5.41) is 0.521. The van der Waals surface area contributed by atoms with Gasteiger partial charge in [0.1, 0.15) is 0 Å². The highest BCUT2D eigenvalue weighted by molar-refractivity contribution is 7.90. The van der Waals surface area contributed by atoms with Crippen LogP contribution in [0.1, 0.15) is 18.9 Å². The van der Waals surface area contributed by atoms with Crippen LogP contribution in [0.15, 0.2) is 24.3 Å². The third kappa shape index (κ3) is 3.31. The van der Waals surface area contributed by atoms with Gasteiger partial charge in [-0.3, -0.25) is 0 Å². The minimum atomic E-state index is -2.99. The van der Waals surface area contributed by atoms with Gasteiger partial charge < -0.3 is 0 Å². The Morgan fingerprint density at radius 3 is 2.50 bits per heavy atom. The Kier molecular flexibility index (Phi) is 3.96. The molecule has 4 heteroatoms. The van der Waals surface area contributed by atoms with Gasteiger partial charge in [-0.15, -0.1) is 0 Å². The van der Waals surface area contributed by atoms with E-state index in [2.05, 4.69) is 0 Å². The molecule has 2 nitrogen and oxygen atoms in total. The van der Waals surface area contributed by atoms with Crippen LogP contribution in [0.2, 0.25) is 5.02 Å². The second-order valence-corrected chi connectivity index (χ2v) is 5.77. The van der Waals surface area contributed by atoms with E-state index in [4.69, 9.17) is 11.6 Å². The van der Waals surface area contributed by atoms with Crippen LogP contribution < -0.4 is 0 Å². The molecule has 0 radical (unpaired) electrons. The molecule has 1 rings (SSSR count). The van der Waals surface area contributed by atoms with Crippen LogP contribution >= 0.6 is 11.6 Å². The van der Waals surface area contributed by atoms with Gasteiger partial charge in [0.05, 0.1) is 11.5 Å². The lowest BCUT2D eigenvalue weighted by molar-refractivity contribution is 0.594. The summed E-state index contributed by atoms with van der Waals surface area (Å²) in [6, 6.07) is 7.04. The van der Waals surface area contributed by atoms with Gasteiger partial charge in [0.25, 0.3) is 0 Å². The smallest absolute Gasteiger partial charge is 0.154 e. The lowest BCUT2D eigenvalue weighted by Crippen LogP contribution is -2.08. The van der Waals surface area contributed by atoms with Gasteiger partial charge >= 0.3 is 0 Å². The topological polar surface area (TPSA) is 34.1 Å². The highest BCUT2D eigenvalue weighted by Gasteiger charge is 2.12. The van der Waals surface area contributed by atoms with Gasteiger partial charge in [-0.05, 0) is 18.1 Å². The molecule has 0 aliphatic heterocycles. The summed E-state index contributed by atoms with van der Waals surface area (Å²) in [5.74, 6) is 0.263. The van der Waals surface area contributed by atoms with Crippen LogP contribution in [0.25, 0.3) is 0 Å². The molecular weight excluding hydrogens is 220 g/mol. The molecule has 0 saturated heterocycles. The third-order valence-corrected chi connectivity index (χ3v) is 4.00. The minimum Gasteiger partial charge on any atom is -0.228 e. The molecule has 0 fully saturated rings. The van der Waals surface area contributed by atoms with Gasteiger partial charge in [0.2, 0.25) is 0 Å². The van der Waals surface area contributed by atoms with Gasteiger partial charge in [0.15, 0.2) is 9.84 Å². The van der Waals surface area contributed by atoms with E-state index in [9.17, 15) is 8.42 Å². The fourth-order valence-corrected chi connectivity index (χ4v) is 3.01. The van der Waals surface area contributed by atoms with Crippen LogP contribution in [0.4, 0.5) is 0 Å². The molecule has 14 heavy (non-hydrogen) atoms. The summed E-state index contributed by atoms with van der Waals surface area (Å²) in [5.41, 5.74) is 0.683. The van der Waals surface area contributed by atoms with E-state index in [1.165, 1.54) is 0 Å². The quantitative estimate of drug-likeness (QED) is 0.800. The molecule has 0 N–H and O–H groups in total. The zero-order valence-electron chi connectivity index (χ0n) is 8.03. The number of halogens is 1. The third-order valence-electron chi connectivity index (χ3n) is 1.85. The monoisotopic (exact) mass is 232 g/mol. The van der Waals surface area contributed by atoms with E-state index >= 15 is 0 Å². The molecule has 0 unspecified atom stereocenters. The highest BCUT2D eigenvalue weighted by Crippen LogP contribution is 2.18. The lowest BCUT2D eigenvalue weighted by Gasteiger charge is -2.04. The molecule has 0 aromatic heterocycles. The second-order valence-electron chi connectivity index (χ2n) is 3.18. The summed E-state index contributed by atoms with van der Waals surface area (Å²) >= 11 is 5.87. The zero-order valence-corrected chi connectivity index (χ0v) is 9.61. The van der Waals surface area contributed by atoms with Crippen molar-refractivity contribution >= 4 is 21.4 Å². The summed E-state index contributed by atoms with van der Waals surface area (Å²) in [7, 11) is -2.99. The standard InChI is InChI=1S/C10H13ClO2S/c1-2-7-14(12,13)8-9-5-3-4-6-10(9)11/h3-6H,2,7-8H2,1H3. The van der Waals surface area contributed by atoms with E-state index in [0.717, 1.165) is 0 Å². The first-order valence-electron chi connectivity index (χ1n) is 4.49. The van der Waals surface area contributed by atoms with Crippen molar-refractivity contribution in [3.05, 3.63) is 34.9 Å². The number of hydrogen-bond donors (Lipinski definition) is 0. The predicted molar refractivity (Wildman–Crippen MR) is 59.2 cm³/mol. The van der Waals surface area contributed by atoms with Gasteiger partial charge in [-0.2, -0.15) is 0 Å². The maximum atomic E-state index is 11.5. The van der Waals surface area contributed by atoms with Crippen LogP contribution in [0, 0.1) is 0 Å². The molecule has 0 saturated carbocycles. The maximum Gasteiger partial charge on any atom is 0.154 e.